The van der Waals surface area contributed by atoms with Gasteiger partial charge < -0.3 is 19.3 Å². The average Bonchev–Trinajstić information content (AvgIpc) is 2.97. The standard InChI is InChI=1S/C21H22N2O4/c1-13-6-5-7-17(10-13)22-21(24)16-8-9-19(20(11-16)25-4)26-12-18-14(2)23-27-15(18)3/h5-11H,12H2,1-4H3,(H,22,24). The van der Waals surface area contributed by atoms with Gasteiger partial charge in [0.1, 0.15) is 12.4 Å². The fourth-order valence-corrected chi connectivity index (χ4v) is 2.71. The number of aryl methyl sites for hydroxylation is 3. The van der Waals surface area contributed by atoms with Crippen LogP contribution in [0.15, 0.2) is 47.0 Å². The molecule has 0 atom stereocenters. The molecule has 0 fully saturated rings. The Labute approximate surface area is 158 Å². The van der Waals surface area contributed by atoms with Gasteiger partial charge in [0, 0.05) is 11.3 Å². The maximum Gasteiger partial charge on any atom is 0.255 e. The van der Waals surface area contributed by atoms with Gasteiger partial charge in [0.2, 0.25) is 0 Å². The predicted octanol–water partition coefficient (Wildman–Crippen LogP) is 4.44. The van der Waals surface area contributed by atoms with Crippen molar-refractivity contribution in [2.75, 3.05) is 12.4 Å². The highest BCUT2D eigenvalue weighted by Crippen LogP contribution is 2.30. The van der Waals surface area contributed by atoms with Crippen molar-refractivity contribution in [3.05, 3.63) is 70.6 Å². The third-order valence-corrected chi connectivity index (χ3v) is 4.25. The first-order valence-electron chi connectivity index (χ1n) is 8.58. The number of rotatable bonds is 6. The van der Waals surface area contributed by atoms with E-state index in [-0.39, 0.29) is 5.91 Å². The Hall–Kier alpha value is -3.28. The molecule has 1 heterocycles. The second-order valence-electron chi connectivity index (χ2n) is 6.28. The molecule has 0 bridgehead atoms. The minimum absolute atomic E-state index is 0.212. The van der Waals surface area contributed by atoms with Crippen molar-refractivity contribution in [3.8, 4) is 11.5 Å². The third-order valence-electron chi connectivity index (χ3n) is 4.25. The molecule has 6 heteroatoms. The lowest BCUT2D eigenvalue weighted by Crippen LogP contribution is -2.12. The highest BCUT2D eigenvalue weighted by molar-refractivity contribution is 6.04. The van der Waals surface area contributed by atoms with Crippen LogP contribution in [0.25, 0.3) is 0 Å². The lowest BCUT2D eigenvalue weighted by Gasteiger charge is -2.12. The van der Waals surface area contributed by atoms with Crippen molar-refractivity contribution in [1.29, 1.82) is 0 Å². The van der Waals surface area contributed by atoms with Crippen LogP contribution in [0.3, 0.4) is 0 Å². The Kier molecular flexibility index (Phi) is 5.45. The van der Waals surface area contributed by atoms with E-state index < -0.39 is 0 Å². The summed E-state index contributed by atoms with van der Waals surface area (Å²) in [6, 6.07) is 12.7. The van der Waals surface area contributed by atoms with E-state index in [0.717, 1.165) is 28.3 Å². The van der Waals surface area contributed by atoms with Gasteiger partial charge in [-0.1, -0.05) is 17.3 Å². The maximum absolute atomic E-state index is 12.5. The van der Waals surface area contributed by atoms with E-state index in [1.54, 1.807) is 25.3 Å². The third kappa shape index (κ3) is 4.28. The molecule has 0 unspecified atom stereocenters. The minimum Gasteiger partial charge on any atom is -0.493 e. The number of amides is 1. The Balaban J connectivity index is 1.74. The van der Waals surface area contributed by atoms with Gasteiger partial charge in [-0.15, -0.1) is 0 Å². The predicted molar refractivity (Wildman–Crippen MR) is 102 cm³/mol. The monoisotopic (exact) mass is 366 g/mol. The normalized spacial score (nSPS) is 10.5. The van der Waals surface area contributed by atoms with E-state index in [2.05, 4.69) is 10.5 Å². The van der Waals surface area contributed by atoms with Crippen molar-refractivity contribution in [3.63, 3.8) is 0 Å². The SMILES string of the molecule is COc1cc(C(=O)Nc2cccc(C)c2)ccc1OCc1c(C)noc1C. The summed E-state index contributed by atoms with van der Waals surface area (Å²) in [5, 5.41) is 6.80. The van der Waals surface area contributed by atoms with Gasteiger partial charge in [0.25, 0.3) is 5.91 Å². The Morgan fingerprint density at radius 1 is 1.11 bits per heavy atom. The van der Waals surface area contributed by atoms with E-state index in [1.165, 1.54) is 0 Å². The van der Waals surface area contributed by atoms with Gasteiger partial charge in [0.05, 0.1) is 18.4 Å². The van der Waals surface area contributed by atoms with Gasteiger partial charge in [-0.3, -0.25) is 4.79 Å². The van der Waals surface area contributed by atoms with E-state index in [9.17, 15) is 4.79 Å². The Morgan fingerprint density at radius 2 is 1.93 bits per heavy atom. The molecule has 0 spiro atoms. The molecule has 0 saturated heterocycles. The summed E-state index contributed by atoms with van der Waals surface area (Å²) >= 11 is 0. The zero-order valence-corrected chi connectivity index (χ0v) is 15.8. The fourth-order valence-electron chi connectivity index (χ4n) is 2.71. The maximum atomic E-state index is 12.5. The first-order valence-corrected chi connectivity index (χ1v) is 8.58. The number of ether oxygens (including phenoxy) is 2. The molecule has 2 aromatic carbocycles. The smallest absolute Gasteiger partial charge is 0.255 e. The van der Waals surface area contributed by atoms with E-state index >= 15 is 0 Å². The molecule has 3 aromatic rings. The molecule has 6 nitrogen and oxygen atoms in total. The Morgan fingerprint density at radius 3 is 2.59 bits per heavy atom. The highest BCUT2D eigenvalue weighted by Gasteiger charge is 2.14. The van der Waals surface area contributed by atoms with Crippen molar-refractivity contribution in [2.45, 2.75) is 27.4 Å². The molecule has 140 valence electrons. The van der Waals surface area contributed by atoms with Gasteiger partial charge in [-0.2, -0.15) is 0 Å². The van der Waals surface area contributed by atoms with Gasteiger partial charge in [0.15, 0.2) is 11.5 Å². The second kappa shape index (κ2) is 7.95. The van der Waals surface area contributed by atoms with Crippen molar-refractivity contribution in [2.24, 2.45) is 0 Å². The minimum atomic E-state index is -0.212. The molecule has 1 amide bonds. The number of hydrogen-bond acceptors (Lipinski definition) is 5. The highest BCUT2D eigenvalue weighted by atomic mass is 16.5. The molecule has 1 N–H and O–H groups in total. The summed E-state index contributed by atoms with van der Waals surface area (Å²) < 4.78 is 16.4. The summed E-state index contributed by atoms with van der Waals surface area (Å²) in [7, 11) is 1.54. The van der Waals surface area contributed by atoms with E-state index in [4.69, 9.17) is 14.0 Å². The molecule has 0 saturated carbocycles. The molecular formula is C21H22N2O4. The van der Waals surface area contributed by atoms with Crippen LogP contribution >= 0.6 is 0 Å². The first-order chi connectivity index (χ1) is 13.0. The van der Waals surface area contributed by atoms with Crippen LogP contribution in [0.5, 0.6) is 11.5 Å². The molecule has 0 aliphatic carbocycles. The van der Waals surface area contributed by atoms with Crippen LogP contribution in [-0.2, 0) is 6.61 Å². The van der Waals surface area contributed by atoms with Crippen molar-refractivity contribution in [1.82, 2.24) is 5.16 Å². The van der Waals surface area contributed by atoms with E-state index in [0.29, 0.717) is 23.7 Å². The summed E-state index contributed by atoms with van der Waals surface area (Å²) in [5.41, 5.74) is 4.00. The summed E-state index contributed by atoms with van der Waals surface area (Å²) in [5.74, 6) is 1.54. The molecule has 3 rings (SSSR count). The van der Waals surface area contributed by atoms with E-state index in [1.807, 2.05) is 45.0 Å². The zero-order valence-electron chi connectivity index (χ0n) is 15.8. The number of aromatic nitrogens is 1. The zero-order chi connectivity index (χ0) is 19.4. The topological polar surface area (TPSA) is 73.6 Å². The van der Waals surface area contributed by atoms with Crippen molar-refractivity contribution < 1.29 is 18.8 Å². The number of carbonyl (C=O) groups is 1. The molecule has 0 aliphatic rings. The van der Waals surface area contributed by atoms with Gasteiger partial charge in [-0.25, -0.2) is 0 Å². The summed E-state index contributed by atoms with van der Waals surface area (Å²) in [4.78, 5) is 12.5. The van der Waals surface area contributed by atoms with Crippen LogP contribution in [0.1, 0.15) is 32.9 Å². The van der Waals surface area contributed by atoms with Crippen LogP contribution in [0.4, 0.5) is 5.69 Å². The Bertz CT molecular complexity index is 943. The van der Waals surface area contributed by atoms with Crippen LogP contribution < -0.4 is 14.8 Å². The quantitative estimate of drug-likeness (QED) is 0.698. The number of nitrogens with one attached hydrogen (secondary N) is 1. The average molecular weight is 366 g/mol. The number of methoxy groups -OCH3 is 1. The molecule has 1 aromatic heterocycles. The number of anilines is 1. The summed E-state index contributed by atoms with van der Waals surface area (Å²) in [6.07, 6.45) is 0. The number of nitrogens with zero attached hydrogens (tertiary/aromatic N) is 1. The van der Waals surface area contributed by atoms with Crippen molar-refractivity contribution >= 4 is 11.6 Å². The number of hydrogen-bond donors (Lipinski definition) is 1. The van der Waals surface area contributed by atoms with Gasteiger partial charge in [-0.05, 0) is 56.7 Å². The van der Waals surface area contributed by atoms with Crippen LogP contribution in [-0.4, -0.2) is 18.2 Å². The lowest BCUT2D eigenvalue weighted by atomic mass is 10.1. The number of carbonyl (C=O) groups excluding carboxylic acids is 1. The summed E-state index contributed by atoms with van der Waals surface area (Å²) in [6.45, 7) is 6.00. The number of benzene rings is 2. The van der Waals surface area contributed by atoms with Crippen LogP contribution in [0, 0.1) is 20.8 Å². The molecule has 0 aliphatic heterocycles. The first kappa shape index (κ1) is 18.5. The van der Waals surface area contributed by atoms with Gasteiger partial charge >= 0.3 is 0 Å². The lowest BCUT2D eigenvalue weighted by molar-refractivity contribution is 0.102. The largest absolute Gasteiger partial charge is 0.493 e. The molecule has 27 heavy (non-hydrogen) atoms. The molecular weight excluding hydrogens is 344 g/mol. The second-order valence-corrected chi connectivity index (χ2v) is 6.28. The fraction of sp³-hybridized carbons (Fsp3) is 0.238. The van der Waals surface area contributed by atoms with Crippen LogP contribution in [0.2, 0.25) is 0 Å². The molecule has 0 radical (unpaired) electrons.